The van der Waals surface area contributed by atoms with Crippen LogP contribution in [-0.4, -0.2) is 21.0 Å². The number of rotatable bonds is 3. The van der Waals surface area contributed by atoms with E-state index in [2.05, 4.69) is 15.3 Å². The fourth-order valence-corrected chi connectivity index (χ4v) is 1.80. The van der Waals surface area contributed by atoms with Crippen LogP contribution in [0, 0.1) is 0 Å². The molecule has 2 N–H and O–H groups in total. The number of benzene rings is 1. The Bertz CT molecular complexity index is 567. The first-order chi connectivity index (χ1) is 8.54. The summed E-state index contributed by atoms with van der Waals surface area (Å²) in [6, 6.07) is 4.94. The molecule has 1 heterocycles. The Morgan fingerprint density at radius 1 is 1.11 bits per heavy atom. The smallest absolute Gasteiger partial charge is 0.356 e. The maximum Gasteiger partial charge on any atom is 0.356 e. The van der Waals surface area contributed by atoms with Crippen molar-refractivity contribution in [1.82, 2.24) is 9.97 Å². The molecule has 92 valence electrons. The molecule has 0 spiro atoms. The molecule has 0 saturated heterocycles. The summed E-state index contributed by atoms with van der Waals surface area (Å²) in [7, 11) is 0. The van der Waals surface area contributed by atoms with Crippen LogP contribution in [0.4, 0.5) is 11.5 Å². The van der Waals surface area contributed by atoms with Gasteiger partial charge >= 0.3 is 5.97 Å². The van der Waals surface area contributed by atoms with E-state index in [1.807, 2.05) is 0 Å². The van der Waals surface area contributed by atoms with Crippen molar-refractivity contribution in [3.05, 3.63) is 46.3 Å². The minimum Gasteiger partial charge on any atom is -0.476 e. The number of aromatic carboxylic acids is 1. The maximum atomic E-state index is 10.6. The van der Waals surface area contributed by atoms with E-state index in [1.54, 1.807) is 18.2 Å². The van der Waals surface area contributed by atoms with Crippen molar-refractivity contribution in [2.24, 2.45) is 0 Å². The van der Waals surface area contributed by atoms with Gasteiger partial charge in [0.15, 0.2) is 5.69 Å². The van der Waals surface area contributed by atoms with Gasteiger partial charge in [0.1, 0.15) is 5.82 Å². The van der Waals surface area contributed by atoms with Crippen molar-refractivity contribution in [3.8, 4) is 0 Å². The number of hydrogen-bond donors (Lipinski definition) is 2. The molecule has 0 unspecified atom stereocenters. The lowest BCUT2D eigenvalue weighted by molar-refractivity contribution is 0.0690. The fourth-order valence-electron chi connectivity index (χ4n) is 1.28. The zero-order valence-electron chi connectivity index (χ0n) is 8.89. The van der Waals surface area contributed by atoms with Crippen molar-refractivity contribution in [2.45, 2.75) is 0 Å². The number of aromatic nitrogens is 2. The van der Waals surface area contributed by atoms with Crippen LogP contribution < -0.4 is 5.32 Å². The van der Waals surface area contributed by atoms with Gasteiger partial charge in [-0.2, -0.15) is 0 Å². The summed E-state index contributed by atoms with van der Waals surface area (Å²) in [4.78, 5) is 18.2. The molecule has 7 heteroatoms. The minimum absolute atomic E-state index is 0.121. The van der Waals surface area contributed by atoms with Gasteiger partial charge in [0.05, 0.1) is 12.4 Å². The standard InChI is InChI=1S/C11H7Cl2N3O2/c12-6-1-7(13)3-8(2-6)16-10-5-14-9(4-15-10)11(17)18/h1-5H,(H,15,16)(H,17,18). The Balaban J connectivity index is 2.20. The molecule has 0 radical (unpaired) electrons. The Morgan fingerprint density at radius 3 is 2.28 bits per heavy atom. The topological polar surface area (TPSA) is 75.1 Å². The number of anilines is 2. The van der Waals surface area contributed by atoms with Gasteiger partial charge in [0, 0.05) is 15.7 Å². The maximum absolute atomic E-state index is 10.6. The lowest BCUT2D eigenvalue weighted by Gasteiger charge is -2.06. The van der Waals surface area contributed by atoms with Crippen molar-refractivity contribution >= 4 is 40.7 Å². The van der Waals surface area contributed by atoms with Crippen LogP contribution in [0.3, 0.4) is 0 Å². The lowest BCUT2D eigenvalue weighted by atomic mass is 10.3. The molecule has 0 atom stereocenters. The van der Waals surface area contributed by atoms with Gasteiger partial charge in [0.25, 0.3) is 0 Å². The molecule has 5 nitrogen and oxygen atoms in total. The molecule has 0 bridgehead atoms. The minimum atomic E-state index is -1.13. The Labute approximate surface area is 112 Å². The first-order valence-electron chi connectivity index (χ1n) is 4.83. The van der Waals surface area contributed by atoms with Crippen LogP contribution in [0.15, 0.2) is 30.6 Å². The molecule has 0 aliphatic rings. The lowest BCUT2D eigenvalue weighted by Crippen LogP contribution is -2.02. The molecular weight excluding hydrogens is 277 g/mol. The van der Waals surface area contributed by atoms with Crippen LogP contribution in [0.5, 0.6) is 0 Å². The van der Waals surface area contributed by atoms with Crippen molar-refractivity contribution in [3.63, 3.8) is 0 Å². The van der Waals surface area contributed by atoms with Gasteiger partial charge in [-0.25, -0.2) is 14.8 Å². The number of halogens is 2. The summed E-state index contributed by atoms with van der Waals surface area (Å²) in [5, 5.41) is 12.6. The Morgan fingerprint density at radius 2 is 1.78 bits per heavy atom. The van der Waals surface area contributed by atoms with Crippen LogP contribution in [0.2, 0.25) is 10.0 Å². The Kier molecular flexibility index (Phi) is 3.64. The summed E-state index contributed by atoms with van der Waals surface area (Å²) in [6.07, 6.45) is 2.48. The third-order valence-electron chi connectivity index (χ3n) is 2.01. The summed E-state index contributed by atoms with van der Waals surface area (Å²) >= 11 is 11.7. The average Bonchev–Trinajstić information content (AvgIpc) is 2.28. The third kappa shape index (κ3) is 3.09. The van der Waals surface area contributed by atoms with E-state index in [0.717, 1.165) is 6.20 Å². The SMILES string of the molecule is O=C(O)c1cnc(Nc2cc(Cl)cc(Cl)c2)cn1. The summed E-state index contributed by atoms with van der Waals surface area (Å²) in [6.45, 7) is 0. The molecule has 1 aromatic heterocycles. The van der Waals surface area contributed by atoms with Crippen molar-refractivity contribution in [2.75, 3.05) is 5.32 Å². The van der Waals surface area contributed by atoms with Gasteiger partial charge in [0.2, 0.25) is 0 Å². The molecule has 18 heavy (non-hydrogen) atoms. The van der Waals surface area contributed by atoms with E-state index in [9.17, 15) is 4.79 Å². The van der Waals surface area contributed by atoms with E-state index < -0.39 is 5.97 Å². The van der Waals surface area contributed by atoms with Crippen molar-refractivity contribution in [1.29, 1.82) is 0 Å². The predicted molar refractivity (Wildman–Crippen MR) is 68.7 cm³/mol. The van der Waals surface area contributed by atoms with E-state index in [0.29, 0.717) is 21.6 Å². The molecule has 0 amide bonds. The second kappa shape index (κ2) is 5.20. The van der Waals surface area contributed by atoms with Crippen LogP contribution >= 0.6 is 23.2 Å². The highest BCUT2D eigenvalue weighted by Gasteiger charge is 2.05. The normalized spacial score (nSPS) is 10.1. The number of nitrogens with one attached hydrogen (secondary N) is 1. The number of carboxylic acid groups (broad SMARTS) is 1. The molecule has 0 saturated carbocycles. The number of carboxylic acids is 1. The largest absolute Gasteiger partial charge is 0.476 e. The predicted octanol–water partition coefficient (Wildman–Crippen LogP) is 3.23. The van der Waals surface area contributed by atoms with Gasteiger partial charge < -0.3 is 10.4 Å². The third-order valence-corrected chi connectivity index (χ3v) is 2.44. The highest BCUT2D eigenvalue weighted by Crippen LogP contribution is 2.24. The quantitative estimate of drug-likeness (QED) is 0.905. The first kappa shape index (κ1) is 12.6. The van der Waals surface area contributed by atoms with Gasteiger partial charge in [-0.1, -0.05) is 23.2 Å². The van der Waals surface area contributed by atoms with Crippen molar-refractivity contribution < 1.29 is 9.90 Å². The number of hydrogen-bond acceptors (Lipinski definition) is 4. The van der Waals surface area contributed by atoms with E-state index in [1.165, 1.54) is 6.20 Å². The van der Waals surface area contributed by atoms with Crippen LogP contribution in [0.1, 0.15) is 10.5 Å². The number of nitrogens with zero attached hydrogens (tertiary/aromatic N) is 2. The zero-order chi connectivity index (χ0) is 13.1. The van der Waals surface area contributed by atoms with Gasteiger partial charge in [-0.05, 0) is 18.2 Å². The molecule has 0 fully saturated rings. The van der Waals surface area contributed by atoms with E-state index in [-0.39, 0.29) is 5.69 Å². The summed E-state index contributed by atoms with van der Waals surface area (Å²) in [5.41, 5.74) is 0.523. The molecule has 2 aromatic rings. The zero-order valence-corrected chi connectivity index (χ0v) is 10.4. The van der Waals surface area contributed by atoms with E-state index in [4.69, 9.17) is 28.3 Å². The summed E-state index contributed by atoms with van der Waals surface area (Å²) in [5.74, 6) is -0.724. The second-order valence-corrected chi connectivity index (χ2v) is 4.25. The molecule has 2 rings (SSSR count). The molecular formula is C11H7Cl2N3O2. The highest BCUT2D eigenvalue weighted by atomic mass is 35.5. The number of carbonyl (C=O) groups is 1. The molecule has 1 aromatic carbocycles. The average molecular weight is 284 g/mol. The first-order valence-corrected chi connectivity index (χ1v) is 5.58. The summed E-state index contributed by atoms with van der Waals surface area (Å²) < 4.78 is 0. The monoisotopic (exact) mass is 283 g/mol. The van der Waals surface area contributed by atoms with E-state index >= 15 is 0 Å². The van der Waals surface area contributed by atoms with Crippen LogP contribution in [0.25, 0.3) is 0 Å². The van der Waals surface area contributed by atoms with Gasteiger partial charge in [-0.15, -0.1) is 0 Å². The Hall–Kier alpha value is -1.85. The van der Waals surface area contributed by atoms with Crippen LogP contribution in [-0.2, 0) is 0 Å². The van der Waals surface area contributed by atoms with Gasteiger partial charge in [-0.3, -0.25) is 0 Å². The molecule has 0 aliphatic heterocycles. The second-order valence-electron chi connectivity index (χ2n) is 3.38. The molecule has 0 aliphatic carbocycles. The highest BCUT2D eigenvalue weighted by molar-refractivity contribution is 6.35. The fraction of sp³-hybridized carbons (Fsp3) is 0.